The molecular formula is C12H14N6O. The van der Waals surface area contributed by atoms with E-state index < -0.39 is 0 Å². The van der Waals surface area contributed by atoms with E-state index in [0.717, 1.165) is 24.1 Å². The van der Waals surface area contributed by atoms with Crippen molar-refractivity contribution in [3.8, 4) is 11.5 Å². The number of nitrogens with zero attached hydrogens (tertiary/aromatic N) is 4. The van der Waals surface area contributed by atoms with Crippen molar-refractivity contribution in [2.75, 3.05) is 19.3 Å². The van der Waals surface area contributed by atoms with Crippen LogP contribution >= 0.6 is 0 Å². The highest BCUT2D eigenvalue weighted by molar-refractivity contribution is 5.81. The van der Waals surface area contributed by atoms with Crippen LogP contribution in [0.3, 0.4) is 0 Å². The number of hydrogen-bond donors (Lipinski definition) is 2. The van der Waals surface area contributed by atoms with Gasteiger partial charge in [0.1, 0.15) is 0 Å². The topological polar surface area (TPSA) is 94.8 Å². The van der Waals surface area contributed by atoms with Gasteiger partial charge in [0, 0.05) is 13.1 Å². The van der Waals surface area contributed by atoms with E-state index >= 15 is 0 Å². The summed E-state index contributed by atoms with van der Waals surface area (Å²) in [5.41, 5.74) is 8.17. The van der Waals surface area contributed by atoms with Crippen LogP contribution in [0.1, 0.15) is 0 Å². The quantitative estimate of drug-likeness (QED) is 0.721. The van der Waals surface area contributed by atoms with Crippen molar-refractivity contribution in [3.63, 3.8) is 0 Å². The first-order chi connectivity index (χ1) is 9.31. The zero-order valence-electron chi connectivity index (χ0n) is 10.5. The third-order valence-electron chi connectivity index (χ3n) is 2.97. The van der Waals surface area contributed by atoms with E-state index in [9.17, 15) is 0 Å². The molecule has 2 heterocycles. The molecule has 0 unspecified atom stereocenters. The number of aromatic nitrogens is 4. The van der Waals surface area contributed by atoms with Gasteiger partial charge in [-0.2, -0.15) is 0 Å². The van der Waals surface area contributed by atoms with E-state index in [0.29, 0.717) is 11.5 Å². The summed E-state index contributed by atoms with van der Waals surface area (Å²) in [7, 11) is 1.91. The highest BCUT2D eigenvalue weighted by Gasteiger charge is 2.18. The monoisotopic (exact) mass is 258 g/mol. The van der Waals surface area contributed by atoms with Gasteiger partial charge < -0.3 is 15.6 Å². The Morgan fingerprint density at radius 1 is 1.32 bits per heavy atom. The number of anilines is 1. The Labute approximate surface area is 109 Å². The molecule has 0 aliphatic carbocycles. The van der Waals surface area contributed by atoms with E-state index in [4.69, 9.17) is 5.73 Å². The van der Waals surface area contributed by atoms with Gasteiger partial charge in [0.25, 0.3) is 0 Å². The predicted molar refractivity (Wildman–Crippen MR) is 71.4 cm³/mol. The van der Waals surface area contributed by atoms with E-state index in [1.165, 1.54) is 0 Å². The van der Waals surface area contributed by atoms with Gasteiger partial charge in [0.15, 0.2) is 17.3 Å². The number of hydrogen-bond acceptors (Lipinski definition) is 6. The number of nitrogens with two attached hydrogens (primary N) is 1. The van der Waals surface area contributed by atoms with E-state index in [1.54, 1.807) is 0 Å². The second-order valence-corrected chi connectivity index (χ2v) is 4.18. The first kappa shape index (κ1) is 11.7. The van der Waals surface area contributed by atoms with Gasteiger partial charge in [-0.15, -0.1) is 0 Å². The standard InChI is InChI=1S/C12H14N6O/c1-14-6-7-18-9-5-3-2-4-8(9)15-12(18)10-11(13)17-19-16-10/h2-5,14H,6-7H2,1H3,(H2,13,17). The maximum atomic E-state index is 5.76. The number of nitrogen functional groups attached to an aromatic ring is 1. The average molecular weight is 258 g/mol. The summed E-state index contributed by atoms with van der Waals surface area (Å²) in [5.74, 6) is 0.927. The fourth-order valence-corrected chi connectivity index (χ4v) is 2.06. The fraction of sp³-hybridized carbons (Fsp3) is 0.250. The number of likely N-dealkylation sites (N-methyl/N-ethyl adjacent to an activating group) is 1. The summed E-state index contributed by atoms with van der Waals surface area (Å²) in [4.78, 5) is 4.56. The summed E-state index contributed by atoms with van der Waals surface area (Å²) < 4.78 is 6.72. The highest BCUT2D eigenvalue weighted by Crippen LogP contribution is 2.26. The molecule has 0 saturated carbocycles. The lowest BCUT2D eigenvalue weighted by Crippen LogP contribution is -2.15. The molecule has 3 aromatic rings. The summed E-state index contributed by atoms with van der Waals surface area (Å²) in [6.07, 6.45) is 0. The number of imidazole rings is 1. The maximum Gasteiger partial charge on any atom is 0.199 e. The minimum absolute atomic E-state index is 0.251. The average Bonchev–Trinajstić information content (AvgIpc) is 2.99. The first-order valence-electron chi connectivity index (χ1n) is 5.99. The number of nitrogens with one attached hydrogen (secondary N) is 1. The molecule has 0 spiro atoms. The summed E-state index contributed by atoms with van der Waals surface area (Å²) in [5, 5.41) is 10.6. The third-order valence-corrected chi connectivity index (χ3v) is 2.97. The van der Waals surface area contributed by atoms with Crippen molar-refractivity contribution in [2.24, 2.45) is 0 Å². The van der Waals surface area contributed by atoms with E-state index in [2.05, 4.69) is 29.8 Å². The minimum Gasteiger partial charge on any atom is -0.379 e. The molecule has 2 aromatic heterocycles. The van der Waals surface area contributed by atoms with Crippen molar-refractivity contribution in [3.05, 3.63) is 24.3 Å². The second kappa shape index (κ2) is 4.69. The van der Waals surface area contributed by atoms with Gasteiger partial charge in [-0.1, -0.05) is 12.1 Å². The maximum absolute atomic E-state index is 5.76. The van der Waals surface area contributed by atoms with Gasteiger partial charge in [0.05, 0.1) is 11.0 Å². The second-order valence-electron chi connectivity index (χ2n) is 4.18. The van der Waals surface area contributed by atoms with E-state index in [-0.39, 0.29) is 5.82 Å². The Morgan fingerprint density at radius 2 is 2.16 bits per heavy atom. The molecule has 0 aliphatic heterocycles. The summed E-state index contributed by atoms with van der Waals surface area (Å²) in [6.45, 7) is 1.58. The van der Waals surface area contributed by atoms with Crippen LogP contribution in [0.25, 0.3) is 22.6 Å². The van der Waals surface area contributed by atoms with Gasteiger partial charge in [-0.25, -0.2) is 9.61 Å². The highest BCUT2D eigenvalue weighted by atomic mass is 16.6. The molecule has 0 radical (unpaired) electrons. The number of para-hydroxylation sites is 2. The van der Waals surface area contributed by atoms with Gasteiger partial charge in [-0.05, 0) is 29.5 Å². The molecule has 3 rings (SSSR count). The van der Waals surface area contributed by atoms with Crippen molar-refractivity contribution in [1.29, 1.82) is 0 Å². The summed E-state index contributed by atoms with van der Waals surface area (Å²) in [6, 6.07) is 7.91. The molecule has 0 bridgehead atoms. The van der Waals surface area contributed by atoms with E-state index in [1.807, 2.05) is 31.3 Å². The Hall–Kier alpha value is -2.41. The van der Waals surface area contributed by atoms with Crippen molar-refractivity contribution in [2.45, 2.75) is 6.54 Å². The van der Waals surface area contributed by atoms with Crippen LogP contribution in [-0.2, 0) is 6.54 Å². The lowest BCUT2D eigenvalue weighted by Gasteiger charge is -2.06. The molecule has 7 heteroatoms. The Bertz CT molecular complexity index is 701. The first-order valence-corrected chi connectivity index (χ1v) is 5.99. The molecule has 98 valence electrons. The number of rotatable bonds is 4. The van der Waals surface area contributed by atoms with Crippen LogP contribution in [-0.4, -0.2) is 33.5 Å². The molecule has 1 aromatic carbocycles. The van der Waals surface area contributed by atoms with Crippen LogP contribution in [0, 0.1) is 0 Å². The zero-order valence-corrected chi connectivity index (χ0v) is 10.5. The molecule has 3 N–H and O–H groups in total. The van der Waals surface area contributed by atoms with Crippen molar-refractivity contribution in [1.82, 2.24) is 25.2 Å². The molecule has 0 fully saturated rings. The Morgan fingerprint density at radius 3 is 2.89 bits per heavy atom. The molecule has 0 atom stereocenters. The van der Waals surface area contributed by atoms with Crippen LogP contribution in [0.2, 0.25) is 0 Å². The molecule has 0 saturated heterocycles. The molecular weight excluding hydrogens is 244 g/mol. The van der Waals surface area contributed by atoms with Gasteiger partial charge in [-0.3, -0.25) is 0 Å². The molecule has 0 aliphatic rings. The smallest absolute Gasteiger partial charge is 0.199 e. The molecule has 0 amide bonds. The minimum atomic E-state index is 0.251. The Kier molecular flexibility index (Phi) is 2.88. The third kappa shape index (κ3) is 1.93. The van der Waals surface area contributed by atoms with Crippen LogP contribution in [0.5, 0.6) is 0 Å². The van der Waals surface area contributed by atoms with Crippen LogP contribution in [0.4, 0.5) is 5.82 Å². The molecule has 19 heavy (non-hydrogen) atoms. The molecule has 7 nitrogen and oxygen atoms in total. The van der Waals surface area contributed by atoms with Crippen molar-refractivity contribution >= 4 is 16.9 Å². The normalized spacial score (nSPS) is 11.2. The van der Waals surface area contributed by atoms with Crippen molar-refractivity contribution < 1.29 is 4.63 Å². The largest absolute Gasteiger partial charge is 0.379 e. The van der Waals surface area contributed by atoms with Crippen LogP contribution in [0.15, 0.2) is 28.9 Å². The van der Waals surface area contributed by atoms with Crippen LogP contribution < -0.4 is 11.1 Å². The lowest BCUT2D eigenvalue weighted by molar-refractivity contribution is 0.310. The van der Waals surface area contributed by atoms with Gasteiger partial charge >= 0.3 is 0 Å². The predicted octanol–water partition coefficient (Wildman–Crippen LogP) is 0.888. The SMILES string of the molecule is CNCCn1c(-c2nonc2N)nc2ccccc21. The van der Waals surface area contributed by atoms with Gasteiger partial charge in [0.2, 0.25) is 0 Å². The fourth-order valence-electron chi connectivity index (χ4n) is 2.06. The lowest BCUT2D eigenvalue weighted by atomic mass is 10.3. The Balaban J connectivity index is 2.20. The zero-order chi connectivity index (χ0) is 13.2. The number of fused-ring (bicyclic) bond motifs is 1. The number of benzene rings is 1. The summed E-state index contributed by atoms with van der Waals surface area (Å²) >= 11 is 0.